The molecule has 0 radical (unpaired) electrons. The molecule has 7 nitrogen and oxygen atoms in total. The first-order chi connectivity index (χ1) is 10.3. The fourth-order valence-corrected chi connectivity index (χ4v) is 2.42. The number of hydrogen-bond donors (Lipinski definition) is 1. The van der Waals surface area contributed by atoms with Gasteiger partial charge in [0.05, 0.1) is 11.3 Å². The maximum absolute atomic E-state index is 12.3. The van der Waals surface area contributed by atoms with Crippen molar-refractivity contribution in [3.8, 4) is 0 Å². The number of benzene rings is 1. The lowest BCUT2D eigenvalue weighted by atomic mass is 10.1. The molecule has 22 heavy (non-hydrogen) atoms. The lowest BCUT2D eigenvalue weighted by Crippen LogP contribution is -2.42. The summed E-state index contributed by atoms with van der Waals surface area (Å²) in [6, 6.07) is 3.95. The van der Waals surface area contributed by atoms with Crippen molar-refractivity contribution in [3.05, 3.63) is 38.3 Å². The van der Waals surface area contributed by atoms with Crippen LogP contribution in [0.25, 0.3) is 0 Å². The zero-order chi connectivity index (χ0) is 16.9. The van der Waals surface area contributed by atoms with Crippen LogP contribution in [0.4, 0.5) is 5.69 Å². The number of carbonyl (C=O) groups is 2. The van der Waals surface area contributed by atoms with Crippen molar-refractivity contribution in [2.75, 3.05) is 6.54 Å². The molecule has 1 rings (SSSR count). The maximum Gasteiger partial charge on any atom is 0.323 e. The number of aliphatic carboxylic acids is 1. The van der Waals surface area contributed by atoms with E-state index in [0.29, 0.717) is 16.5 Å². The molecule has 0 bridgehead atoms. The van der Waals surface area contributed by atoms with Gasteiger partial charge >= 0.3 is 5.97 Å². The first kappa shape index (κ1) is 18.1. The van der Waals surface area contributed by atoms with E-state index in [1.54, 1.807) is 6.92 Å². The third-order valence-corrected chi connectivity index (χ3v) is 4.08. The van der Waals surface area contributed by atoms with Crippen molar-refractivity contribution in [1.82, 2.24) is 4.90 Å². The highest BCUT2D eigenvalue weighted by molar-refractivity contribution is 9.10. The van der Waals surface area contributed by atoms with E-state index in [9.17, 15) is 19.7 Å². The van der Waals surface area contributed by atoms with Gasteiger partial charge in [-0.3, -0.25) is 19.7 Å². The van der Waals surface area contributed by atoms with E-state index < -0.39 is 10.9 Å². The first-order valence-electron chi connectivity index (χ1n) is 6.70. The largest absolute Gasteiger partial charge is 0.480 e. The summed E-state index contributed by atoms with van der Waals surface area (Å²) in [6.45, 7) is 3.29. The molecule has 1 amide bonds. The van der Waals surface area contributed by atoms with Crippen molar-refractivity contribution in [2.45, 2.75) is 32.7 Å². The zero-order valence-electron chi connectivity index (χ0n) is 12.3. The molecular weight excluding hydrogens is 356 g/mol. The third-order valence-electron chi connectivity index (χ3n) is 3.34. The Bertz CT molecular complexity index is 591. The van der Waals surface area contributed by atoms with Gasteiger partial charge in [0.15, 0.2) is 0 Å². The summed E-state index contributed by atoms with van der Waals surface area (Å²) in [4.78, 5) is 34.7. The van der Waals surface area contributed by atoms with Crippen LogP contribution in [0.3, 0.4) is 0 Å². The molecule has 0 heterocycles. The van der Waals surface area contributed by atoms with Crippen molar-refractivity contribution in [2.24, 2.45) is 0 Å². The smallest absolute Gasteiger partial charge is 0.323 e. The van der Waals surface area contributed by atoms with Crippen LogP contribution in [0.15, 0.2) is 22.7 Å². The molecular formula is C14H17BrN2O5. The predicted octanol–water partition coefficient (Wildman–Crippen LogP) is 2.61. The standard InChI is InChI=1S/C14H17BrN2O5/c1-3-9(2)16(8-14(19)20)13(18)6-10-4-5-11(17(21)22)7-12(10)15/h4-5,7,9H,3,6,8H2,1-2H3,(H,19,20). The van der Waals surface area contributed by atoms with Gasteiger partial charge in [0, 0.05) is 22.6 Å². The summed E-state index contributed by atoms with van der Waals surface area (Å²) < 4.78 is 0.453. The average molecular weight is 373 g/mol. The number of carbonyl (C=O) groups excluding carboxylic acids is 1. The molecule has 0 aliphatic heterocycles. The van der Waals surface area contributed by atoms with Crippen molar-refractivity contribution in [3.63, 3.8) is 0 Å². The van der Waals surface area contributed by atoms with Gasteiger partial charge in [0.25, 0.3) is 5.69 Å². The monoisotopic (exact) mass is 372 g/mol. The second-order valence-electron chi connectivity index (χ2n) is 4.88. The zero-order valence-corrected chi connectivity index (χ0v) is 13.9. The van der Waals surface area contributed by atoms with Crippen LogP contribution >= 0.6 is 15.9 Å². The van der Waals surface area contributed by atoms with E-state index in [1.165, 1.54) is 23.1 Å². The van der Waals surface area contributed by atoms with Gasteiger partial charge in [0.2, 0.25) is 5.91 Å². The summed E-state index contributed by atoms with van der Waals surface area (Å²) in [6.07, 6.45) is 0.622. The number of rotatable bonds is 7. The molecule has 120 valence electrons. The molecule has 8 heteroatoms. The number of nitrogens with zero attached hydrogens (tertiary/aromatic N) is 2. The number of nitro groups is 1. The van der Waals surface area contributed by atoms with E-state index >= 15 is 0 Å². The van der Waals surface area contributed by atoms with Crippen LogP contribution in [0.1, 0.15) is 25.8 Å². The van der Waals surface area contributed by atoms with Gasteiger partial charge in [-0.25, -0.2) is 0 Å². The second-order valence-corrected chi connectivity index (χ2v) is 5.74. The Balaban J connectivity index is 2.93. The van der Waals surface area contributed by atoms with Crippen LogP contribution in [0.2, 0.25) is 0 Å². The van der Waals surface area contributed by atoms with Gasteiger partial charge in [-0.05, 0) is 18.9 Å². The Labute approximate surface area is 136 Å². The number of hydrogen-bond acceptors (Lipinski definition) is 4. The highest BCUT2D eigenvalue weighted by atomic mass is 79.9. The normalized spacial score (nSPS) is 11.8. The van der Waals surface area contributed by atoms with Gasteiger partial charge in [-0.2, -0.15) is 0 Å². The Morgan fingerprint density at radius 3 is 2.55 bits per heavy atom. The van der Waals surface area contributed by atoms with Crippen LogP contribution in [0.5, 0.6) is 0 Å². The third kappa shape index (κ3) is 4.80. The molecule has 1 N–H and O–H groups in total. The maximum atomic E-state index is 12.3. The van der Waals surface area contributed by atoms with Gasteiger partial charge < -0.3 is 10.0 Å². The average Bonchev–Trinajstić information content (AvgIpc) is 2.45. The number of non-ortho nitro benzene ring substituents is 1. The number of carboxylic acids is 1. The lowest BCUT2D eigenvalue weighted by molar-refractivity contribution is -0.384. The van der Waals surface area contributed by atoms with Gasteiger partial charge in [-0.15, -0.1) is 0 Å². The molecule has 0 aromatic heterocycles. The molecule has 1 aromatic carbocycles. The van der Waals surface area contributed by atoms with Crippen LogP contribution in [0, 0.1) is 10.1 Å². The van der Waals surface area contributed by atoms with Crippen molar-refractivity contribution >= 4 is 33.5 Å². The Morgan fingerprint density at radius 2 is 2.09 bits per heavy atom. The summed E-state index contributed by atoms with van der Waals surface area (Å²) in [5.41, 5.74) is 0.502. The fraction of sp³-hybridized carbons (Fsp3) is 0.429. The molecule has 1 aromatic rings. The summed E-state index contributed by atoms with van der Waals surface area (Å²) in [5, 5.41) is 19.6. The molecule has 0 saturated carbocycles. The number of nitro benzene ring substituents is 1. The van der Waals surface area contributed by atoms with E-state index in [-0.39, 0.29) is 30.6 Å². The predicted molar refractivity (Wildman–Crippen MR) is 83.6 cm³/mol. The van der Waals surface area contributed by atoms with E-state index in [1.807, 2.05) is 6.92 Å². The van der Waals surface area contributed by atoms with E-state index in [4.69, 9.17) is 5.11 Å². The lowest BCUT2D eigenvalue weighted by Gasteiger charge is -2.27. The highest BCUT2D eigenvalue weighted by Gasteiger charge is 2.22. The molecule has 0 spiro atoms. The van der Waals surface area contributed by atoms with Gasteiger partial charge in [-0.1, -0.05) is 28.9 Å². The first-order valence-corrected chi connectivity index (χ1v) is 7.49. The fourth-order valence-electron chi connectivity index (χ4n) is 1.91. The summed E-state index contributed by atoms with van der Waals surface area (Å²) in [5.74, 6) is -1.40. The summed E-state index contributed by atoms with van der Waals surface area (Å²) >= 11 is 3.21. The number of carboxylic acid groups (broad SMARTS) is 1. The molecule has 0 fully saturated rings. The molecule has 1 atom stereocenters. The second kappa shape index (κ2) is 7.88. The minimum atomic E-state index is -1.07. The minimum Gasteiger partial charge on any atom is -0.480 e. The molecule has 1 unspecified atom stereocenters. The summed E-state index contributed by atoms with van der Waals surface area (Å²) in [7, 11) is 0. The van der Waals surface area contributed by atoms with Crippen LogP contribution in [-0.4, -0.2) is 39.4 Å². The molecule has 0 aliphatic carbocycles. The Hall–Kier alpha value is -1.96. The van der Waals surface area contributed by atoms with E-state index in [2.05, 4.69) is 15.9 Å². The molecule has 0 aliphatic rings. The van der Waals surface area contributed by atoms with Crippen LogP contribution in [-0.2, 0) is 16.0 Å². The SMILES string of the molecule is CCC(C)N(CC(=O)O)C(=O)Cc1ccc([N+](=O)[O-])cc1Br. The Kier molecular flexibility index (Phi) is 6.48. The van der Waals surface area contributed by atoms with Gasteiger partial charge in [0.1, 0.15) is 6.54 Å². The van der Waals surface area contributed by atoms with Crippen molar-refractivity contribution in [1.29, 1.82) is 0 Å². The Morgan fingerprint density at radius 1 is 1.45 bits per heavy atom. The molecule has 0 saturated heterocycles. The topological polar surface area (TPSA) is 101 Å². The highest BCUT2D eigenvalue weighted by Crippen LogP contribution is 2.24. The van der Waals surface area contributed by atoms with Crippen LogP contribution < -0.4 is 0 Å². The number of halogens is 1. The quantitative estimate of drug-likeness (QED) is 0.585. The minimum absolute atomic E-state index is 0.0177. The number of amides is 1. The van der Waals surface area contributed by atoms with E-state index in [0.717, 1.165) is 0 Å². The van der Waals surface area contributed by atoms with Crippen molar-refractivity contribution < 1.29 is 19.6 Å².